The molecule has 1 unspecified atom stereocenters. The fourth-order valence-electron chi connectivity index (χ4n) is 0.975. The van der Waals surface area contributed by atoms with Crippen molar-refractivity contribution in [3.63, 3.8) is 0 Å². The summed E-state index contributed by atoms with van der Waals surface area (Å²) in [5.74, 6) is -0.279. The van der Waals surface area contributed by atoms with E-state index >= 15 is 0 Å². The van der Waals surface area contributed by atoms with Crippen molar-refractivity contribution in [1.29, 1.82) is 0 Å². The maximum absolute atomic E-state index is 11.1. The van der Waals surface area contributed by atoms with Crippen LogP contribution in [0.5, 0.6) is 0 Å². The lowest BCUT2D eigenvalue weighted by atomic mass is 10.2. The Labute approximate surface area is 91.1 Å². The van der Waals surface area contributed by atoms with E-state index in [1.807, 2.05) is 0 Å². The van der Waals surface area contributed by atoms with Crippen LogP contribution in [-0.4, -0.2) is 46.1 Å². The standard InChI is InChI=1S/C9H19NO4S/c1-4-15(12,13)6-5-10-7-8(2)9(11)14-3/h8,10H,4-7H2,1-3H3. The molecule has 0 bridgehead atoms. The van der Waals surface area contributed by atoms with E-state index < -0.39 is 9.84 Å². The monoisotopic (exact) mass is 237 g/mol. The molecule has 0 aromatic rings. The molecule has 0 heterocycles. The van der Waals surface area contributed by atoms with Gasteiger partial charge >= 0.3 is 5.97 Å². The number of carbonyl (C=O) groups excluding carboxylic acids is 1. The third-order valence-corrected chi connectivity index (χ3v) is 3.79. The van der Waals surface area contributed by atoms with Crippen molar-refractivity contribution >= 4 is 15.8 Å². The van der Waals surface area contributed by atoms with E-state index in [1.54, 1.807) is 13.8 Å². The van der Waals surface area contributed by atoms with E-state index in [0.29, 0.717) is 13.1 Å². The minimum Gasteiger partial charge on any atom is -0.469 e. The lowest BCUT2D eigenvalue weighted by Crippen LogP contribution is -2.31. The zero-order chi connectivity index (χ0) is 11.9. The molecule has 0 aliphatic rings. The summed E-state index contributed by atoms with van der Waals surface area (Å²) < 4.78 is 26.7. The summed E-state index contributed by atoms with van der Waals surface area (Å²) in [6, 6.07) is 0. The van der Waals surface area contributed by atoms with Gasteiger partial charge in [0.2, 0.25) is 0 Å². The van der Waals surface area contributed by atoms with Gasteiger partial charge in [-0.05, 0) is 0 Å². The van der Waals surface area contributed by atoms with Gasteiger partial charge in [-0.2, -0.15) is 0 Å². The molecular formula is C9H19NO4S. The number of hydrogen-bond donors (Lipinski definition) is 1. The van der Waals surface area contributed by atoms with Crippen LogP contribution in [0, 0.1) is 5.92 Å². The fraction of sp³-hybridized carbons (Fsp3) is 0.889. The first-order chi connectivity index (χ1) is 6.93. The molecule has 0 fully saturated rings. The van der Waals surface area contributed by atoms with Crippen LogP contribution in [0.25, 0.3) is 0 Å². The maximum atomic E-state index is 11.1. The van der Waals surface area contributed by atoms with E-state index in [1.165, 1.54) is 7.11 Å². The average Bonchev–Trinajstić information content (AvgIpc) is 2.22. The Morgan fingerprint density at radius 2 is 2.07 bits per heavy atom. The molecule has 0 saturated carbocycles. The highest BCUT2D eigenvalue weighted by Gasteiger charge is 2.12. The Morgan fingerprint density at radius 3 is 2.53 bits per heavy atom. The zero-order valence-electron chi connectivity index (χ0n) is 9.45. The summed E-state index contributed by atoms with van der Waals surface area (Å²) in [4.78, 5) is 11.0. The van der Waals surface area contributed by atoms with Crippen LogP contribution in [0.3, 0.4) is 0 Å². The summed E-state index contributed by atoms with van der Waals surface area (Å²) in [7, 11) is -1.59. The van der Waals surface area contributed by atoms with Gasteiger partial charge in [-0.15, -0.1) is 0 Å². The Hall–Kier alpha value is -0.620. The molecule has 15 heavy (non-hydrogen) atoms. The molecular weight excluding hydrogens is 218 g/mol. The number of sulfone groups is 1. The Morgan fingerprint density at radius 1 is 1.47 bits per heavy atom. The van der Waals surface area contributed by atoms with E-state index in [4.69, 9.17) is 0 Å². The Balaban J connectivity index is 3.68. The number of rotatable bonds is 7. The molecule has 0 amide bonds. The van der Waals surface area contributed by atoms with Crippen molar-refractivity contribution < 1.29 is 17.9 Å². The second-order valence-corrected chi connectivity index (χ2v) is 5.84. The normalized spacial score (nSPS) is 13.5. The average molecular weight is 237 g/mol. The molecule has 1 atom stereocenters. The van der Waals surface area contributed by atoms with Crippen molar-refractivity contribution in [2.45, 2.75) is 13.8 Å². The van der Waals surface area contributed by atoms with Gasteiger partial charge in [-0.3, -0.25) is 4.79 Å². The van der Waals surface area contributed by atoms with E-state index in [9.17, 15) is 13.2 Å². The highest BCUT2D eigenvalue weighted by molar-refractivity contribution is 7.91. The molecule has 0 aliphatic carbocycles. The molecule has 90 valence electrons. The predicted octanol–water partition coefficient (Wildman–Crippen LogP) is -0.180. The highest BCUT2D eigenvalue weighted by Crippen LogP contribution is 1.95. The first kappa shape index (κ1) is 14.4. The van der Waals surface area contributed by atoms with Gasteiger partial charge in [0.1, 0.15) is 0 Å². The minimum atomic E-state index is -2.92. The molecule has 0 aliphatic heterocycles. The van der Waals surface area contributed by atoms with Crippen LogP contribution in [-0.2, 0) is 19.4 Å². The van der Waals surface area contributed by atoms with E-state index in [0.717, 1.165) is 0 Å². The van der Waals surface area contributed by atoms with Crippen LogP contribution < -0.4 is 5.32 Å². The third kappa shape index (κ3) is 6.46. The number of nitrogens with one attached hydrogen (secondary N) is 1. The van der Waals surface area contributed by atoms with Gasteiger partial charge in [0, 0.05) is 18.8 Å². The Bertz CT molecular complexity index is 286. The molecule has 0 saturated heterocycles. The molecule has 0 aromatic heterocycles. The van der Waals surface area contributed by atoms with Gasteiger partial charge in [0.15, 0.2) is 9.84 Å². The molecule has 1 N–H and O–H groups in total. The predicted molar refractivity (Wildman–Crippen MR) is 58.4 cm³/mol. The number of ether oxygens (including phenoxy) is 1. The van der Waals surface area contributed by atoms with Crippen LogP contribution in [0.15, 0.2) is 0 Å². The maximum Gasteiger partial charge on any atom is 0.309 e. The van der Waals surface area contributed by atoms with Gasteiger partial charge in [0.25, 0.3) is 0 Å². The second-order valence-electron chi connectivity index (χ2n) is 3.36. The third-order valence-electron chi connectivity index (χ3n) is 2.08. The molecule has 0 spiro atoms. The van der Waals surface area contributed by atoms with E-state index in [2.05, 4.69) is 10.1 Å². The smallest absolute Gasteiger partial charge is 0.309 e. The van der Waals surface area contributed by atoms with Crippen molar-refractivity contribution in [3.05, 3.63) is 0 Å². The summed E-state index contributed by atoms with van der Waals surface area (Å²) in [6.07, 6.45) is 0. The number of methoxy groups -OCH3 is 1. The van der Waals surface area contributed by atoms with Gasteiger partial charge in [-0.25, -0.2) is 8.42 Å². The zero-order valence-corrected chi connectivity index (χ0v) is 10.3. The molecule has 6 heteroatoms. The van der Waals surface area contributed by atoms with Gasteiger partial charge < -0.3 is 10.1 Å². The van der Waals surface area contributed by atoms with Crippen molar-refractivity contribution in [2.75, 3.05) is 31.7 Å². The van der Waals surface area contributed by atoms with Gasteiger partial charge in [0.05, 0.1) is 18.8 Å². The summed E-state index contributed by atoms with van der Waals surface area (Å²) in [5.41, 5.74) is 0. The van der Waals surface area contributed by atoms with Crippen molar-refractivity contribution in [3.8, 4) is 0 Å². The highest BCUT2D eigenvalue weighted by atomic mass is 32.2. The van der Waals surface area contributed by atoms with Crippen LogP contribution in [0.1, 0.15) is 13.8 Å². The molecule has 0 radical (unpaired) electrons. The summed E-state index contributed by atoms with van der Waals surface area (Å²) in [6.45, 7) is 4.16. The van der Waals surface area contributed by atoms with Crippen molar-refractivity contribution in [2.24, 2.45) is 5.92 Å². The number of carbonyl (C=O) groups is 1. The summed E-state index contributed by atoms with van der Waals surface area (Å²) in [5, 5.41) is 2.91. The van der Waals surface area contributed by atoms with Crippen molar-refractivity contribution in [1.82, 2.24) is 5.32 Å². The topological polar surface area (TPSA) is 72.5 Å². The lowest BCUT2D eigenvalue weighted by molar-refractivity contribution is -0.144. The first-order valence-corrected chi connectivity index (χ1v) is 6.74. The van der Waals surface area contributed by atoms with E-state index in [-0.39, 0.29) is 23.4 Å². The number of hydrogen-bond acceptors (Lipinski definition) is 5. The molecule has 5 nitrogen and oxygen atoms in total. The summed E-state index contributed by atoms with van der Waals surface area (Å²) >= 11 is 0. The minimum absolute atomic E-state index is 0.109. The SMILES string of the molecule is CCS(=O)(=O)CCNCC(C)C(=O)OC. The molecule has 0 rings (SSSR count). The first-order valence-electron chi connectivity index (χ1n) is 4.92. The van der Waals surface area contributed by atoms with Crippen LogP contribution in [0.4, 0.5) is 0 Å². The Kier molecular flexibility index (Phi) is 6.51. The van der Waals surface area contributed by atoms with Crippen LogP contribution in [0.2, 0.25) is 0 Å². The fourth-order valence-corrected chi connectivity index (χ4v) is 1.72. The lowest BCUT2D eigenvalue weighted by Gasteiger charge is -2.10. The number of esters is 1. The molecule has 0 aromatic carbocycles. The largest absolute Gasteiger partial charge is 0.469 e. The van der Waals surface area contributed by atoms with Gasteiger partial charge in [-0.1, -0.05) is 13.8 Å². The van der Waals surface area contributed by atoms with Crippen LogP contribution >= 0.6 is 0 Å². The quantitative estimate of drug-likeness (QED) is 0.491. The second kappa shape index (κ2) is 6.79.